The van der Waals surface area contributed by atoms with E-state index in [-0.39, 0.29) is 27.6 Å². The number of ether oxygens (including phenoxy) is 2. The Morgan fingerprint density at radius 1 is 0.872 bits per heavy atom. The third kappa shape index (κ3) is 7.01. The normalized spacial score (nSPS) is 11.1. The van der Waals surface area contributed by atoms with Crippen molar-refractivity contribution in [3.63, 3.8) is 0 Å². The van der Waals surface area contributed by atoms with Gasteiger partial charge in [0, 0.05) is 5.02 Å². The summed E-state index contributed by atoms with van der Waals surface area (Å²) in [5.41, 5.74) is 3.45. The predicted molar refractivity (Wildman–Crippen MR) is 148 cm³/mol. The van der Waals surface area contributed by atoms with Crippen molar-refractivity contribution in [3.05, 3.63) is 119 Å². The minimum Gasteiger partial charge on any atom is -0.493 e. The molecule has 0 aliphatic heterocycles. The predicted octanol–water partition coefficient (Wildman–Crippen LogP) is 5.13. The fourth-order valence-corrected chi connectivity index (χ4v) is 4.60. The number of carbonyl (C=O) groups excluding carboxylic acids is 2. The van der Waals surface area contributed by atoms with Gasteiger partial charge < -0.3 is 9.47 Å². The van der Waals surface area contributed by atoms with Gasteiger partial charge in [0.2, 0.25) is 0 Å². The van der Waals surface area contributed by atoms with Gasteiger partial charge in [-0.2, -0.15) is 5.10 Å². The van der Waals surface area contributed by atoms with Crippen molar-refractivity contribution >= 4 is 45.4 Å². The zero-order valence-corrected chi connectivity index (χ0v) is 22.1. The molecule has 198 valence electrons. The summed E-state index contributed by atoms with van der Waals surface area (Å²) in [4.78, 5) is 25.1. The minimum atomic E-state index is -3.96. The first-order chi connectivity index (χ1) is 18.8. The van der Waals surface area contributed by atoms with Crippen LogP contribution < -0.4 is 19.6 Å². The molecular weight excluding hydrogens is 542 g/mol. The van der Waals surface area contributed by atoms with Crippen LogP contribution >= 0.6 is 11.6 Å². The van der Waals surface area contributed by atoms with E-state index in [2.05, 4.69) is 15.2 Å². The second-order valence-electron chi connectivity index (χ2n) is 7.97. The number of amides is 1. The lowest BCUT2D eigenvalue weighted by Gasteiger charge is -2.12. The highest BCUT2D eigenvalue weighted by atomic mass is 35.5. The number of hydrogen-bond donors (Lipinski definition) is 2. The first-order valence-corrected chi connectivity index (χ1v) is 13.3. The molecule has 9 nitrogen and oxygen atoms in total. The zero-order valence-electron chi connectivity index (χ0n) is 20.5. The van der Waals surface area contributed by atoms with Crippen LogP contribution in [0.25, 0.3) is 0 Å². The standard InChI is InChI=1S/C28H22ClN3O6S/c1-37-26-17-19(11-16-25(26)38-28(34)20-7-3-2-4-8-20)18-30-31-27(33)23-9-5-6-10-24(23)32-39(35,36)22-14-12-21(29)13-15-22/h2-18,32H,1H3,(H,31,33)/b30-18+. The molecular formula is C28H22ClN3O6S. The molecule has 11 heteroatoms. The summed E-state index contributed by atoms with van der Waals surface area (Å²) in [6, 6.07) is 25.0. The maximum absolute atomic E-state index is 12.8. The second kappa shape index (κ2) is 12.2. The molecule has 0 fully saturated rings. The van der Waals surface area contributed by atoms with E-state index in [4.69, 9.17) is 21.1 Å². The molecule has 0 aliphatic carbocycles. The summed E-state index contributed by atoms with van der Waals surface area (Å²) in [6.45, 7) is 0. The molecule has 2 N–H and O–H groups in total. The highest BCUT2D eigenvalue weighted by Crippen LogP contribution is 2.28. The molecule has 0 spiro atoms. The molecule has 0 heterocycles. The molecule has 4 aromatic rings. The molecule has 0 unspecified atom stereocenters. The Morgan fingerprint density at radius 3 is 2.28 bits per heavy atom. The van der Waals surface area contributed by atoms with E-state index in [1.165, 1.54) is 49.7 Å². The van der Waals surface area contributed by atoms with Crippen LogP contribution in [0.1, 0.15) is 26.3 Å². The Balaban J connectivity index is 1.44. The molecule has 4 rings (SSSR count). The van der Waals surface area contributed by atoms with Gasteiger partial charge in [-0.05, 0) is 72.3 Å². The van der Waals surface area contributed by atoms with Crippen LogP contribution in [0.2, 0.25) is 5.02 Å². The highest BCUT2D eigenvalue weighted by molar-refractivity contribution is 7.92. The van der Waals surface area contributed by atoms with E-state index in [9.17, 15) is 18.0 Å². The van der Waals surface area contributed by atoms with Gasteiger partial charge in [-0.1, -0.05) is 41.9 Å². The quantitative estimate of drug-likeness (QED) is 0.126. The van der Waals surface area contributed by atoms with Crippen LogP contribution in [0.15, 0.2) is 107 Å². The topological polar surface area (TPSA) is 123 Å². The summed E-state index contributed by atoms with van der Waals surface area (Å²) in [5.74, 6) is -0.667. The Bertz CT molecular complexity index is 1630. The Hall–Kier alpha value is -4.67. The Kier molecular flexibility index (Phi) is 8.60. The maximum atomic E-state index is 12.8. The fourth-order valence-electron chi connectivity index (χ4n) is 3.40. The molecule has 0 bridgehead atoms. The molecule has 0 saturated heterocycles. The van der Waals surface area contributed by atoms with Crippen molar-refractivity contribution in [2.75, 3.05) is 11.8 Å². The molecule has 0 radical (unpaired) electrons. The van der Waals surface area contributed by atoms with Gasteiger partial charge >= 0.3 is 5.97 Å². The number of anilines is 1. The van der Waals surface area contributed by atoms with Crippen molar-refractivity contribution in [2.24, 2.45) is 5.10 Å². The van der Waals surface area contributed by atoms with Crippen molar-refractivity contribution in [1.29, 1.82) is 0 Å². The van der Waals surface area contributed by atoms with Crippen molar-refractivity contribution in [2.45, 2.75) is 4.90 Å². The summed E-state index contributed by atoms with van der Waals surface area (Å²) >= 11 is 5.84. The van der Waals surface area contributed by atoms with Crippen molar-refractivity contribution in [3.8, 4) is 11.5 Å². The number of halogens is 1. The number of hydrazone groups is 1. The van der Waals surface area contributed by atoms with E-state index in [0.717, 1.165) is 0 Å². The molecule has 4 aromatic carbocycles. The molecule has 0 atom stereocenters. The van der Waals surface area contributed by atoms with E-state index < -0.39 is 21.9 Å². The fraction of sp³-hybridized carbons (Fsp3) is 0.0357. The number of sulfonamides is 1. The molecule has 39 heavy (non-hydrogen) atoms. The third-order valence-corrected chi connectivity index (χ3v) is 6.95. The second-order valence-corrected chi connectivity index (χ2v) is 10.1. The van der Waals surface area contributed by atoms with Gasteiger partial charge in [0.05, 0.1) is 35.0 Å². The summed E-state index contributed by atoms with van der Waals surface area (Å²) in [6.07, 6.45) is 1.36. The lowest BCUT2D eigenvalue weighted by molar-refractivity contribution is 0.0729. The minimum absolute atomic E-state index is 0.00743. The molecule has 0 aliphatic rings. The maximum Gasteiger partial charge on any atom is 0.343 e. The lowest BCUT2D eigenvalue weighted by Crippen LogP contribution is -2.21. The Morgan fingerprint density at radius 2 is 1.56 bits per heavy atom. The van der Waals surface area contributed by atoms with Crippen LogP contribution in [0.3, 0.4) is 0 Å². The number of rotatable bonds is 9. The molecule has 1 amide bonds. The van der Waals surface area contributed by atoms with Gasteiger partial charge in [-0.15, -0.1) is 0 Å². The largest absolute Gasteiger partial charge is 0.493 e. The lowest BCUT2D eigenvalue weighted by atomic mass is 10.2. The summed E-state index contributed by atoms with van der Waals surface area (Å²) in [5, 5.41) is 4.35. The summed E-state index contributed by atoms with van der Waals surface area (Å²) in [7, 11) is -2.53. The van der Waals surface area contributed by atoms with Crippen LogP contribution in [-0.4, -0.2) is 33.6 Å². The average Bonchev–Trinajstić information content (AvgIpc) is 2.94. The van der Waals surface area contributed by atoms with Gasteiger partial charge in [-0.3, -0.25) is 9.52 Å². The van der Waals surface area contributed by atoms with Crippen LogP contribution in [0, 0.1) is 0 Å². The number of carbonyl (C=O) groups is 2. The number of methoxy groups -OCH3 is 1. The SMILES string of the molecule is COc1cc(/C=N/NC(=O)c2ccccc2NS(=O)(=O)c2ccc(Cl)cc2)ccc1OC(=O)c1ccccc1. The third-order valence-electron chi connectivity index (χ3n) is 5.32. The molecule has 0 saturated carbocycles. The van der Waals surface area contributed by atoms with Gasteiger partial charge in [0.15, 0.2) is 11.5 Å². The van der Waals surface area contributed by atoms with Crippen LogP contribution in [-0.2, 0) is 10.0 Å². The molecule has 0 aromatic heterocycles. The number of nitrogens with one attached hydrogen (secondary N) is 2. The monoisotopic (exact) mass is 563 g/mol. The Labute approximate surface area is 230 Å². The zero-order chi connectivity index (χ0) is 27.8. The van der Waals surface area contributed by atoms with Gasteiger partial charge in [0.25, 0.3) is 15.9 Å². The van der Waals surface area contributed by atoms with E-state index in [1.807, 2.05) is 0 Å². The van der Waals surface area contributed by atoms with E-state index in [0.29, 0.717) is 16.1 Å². The highest BCUT2D eigenvalue weighted by Gasteiger charge is 2.18. The smallest absolute Gasteiger partial charge is 0.343 e. The number of benzene rings is 4. The number of nitrogens with zero attached hydrogens (tertiary/aromatic N) is 1. The number of hydrogen-bond acceptors (Lipinski definition) is 7. The van der Waals surface area contributed by atoms with Crippen LogP contribution in [0.5, 0.6) is 11.5 Å². The van der Waals surface area contributed by atoms with Crippen molar-refractivity contribution in [1.82, 2.24) is 5.43 Å². The van der Waals surface area contributed by atoms with E-state index in [1.54, 1.807) is 60.7 Å². The average molecular weight is 564 g/mol. The van der Waals surface area contributed by atoms with E-state index >= 15 is 0 Å². The number of esters is 1. The first-order valence-electron chi connectivity index (χ1n) is 11.4. The van der Waals surface area contributed by atoms with Gasteiger partial charge in [0.1, 0.15) is 0 Å². The van der Waals surface area contributed by atoms with Crippen LogP contribution in [0.4, 0.5) is 5.69 Å². The van der Waals surface area contributed by atoms with Crippen molar-refractivity contribution < 1.29 is 27.5 Å². The van der Waals surface area contributed by atoms with Gasteiger partial charge in [-0.25, -0.2) is 18.6 Å². The number of para-hydroxylation sites is 1. The first kappa shape index (κ1) is 27.4. The summed E-state index contributed by atoms with van der Waals surface area (Å²) < 4.78 is 38.7.